The second kappa shape index (κ2) is 5.99. The van der Waals surface area contributed by atoms with E-state index in [2.05, 4.69) is 25.0 Å². The van der Waals surface area contributed by atoms with Crippen LogP contribution in [0.15, 0.2) is 24.5 Å². The van der Waals surface area contributed by atoms with Crippen LogP contribution in [0.4, 0.5) is 5.95 Å². The lowest BCUT2D eigenvalue weighted by atomic mass is 10.2. The van der Waals surface area contributed by atoms with Gasteiger partial charge in [-0.15, -0.1) is 0 Å². The zero-order valence-electron chi connectivity index (χ0n) is 10.9. The van der Waals surface area contributed by atoms with Crippen molar-refractivity contribution in [1.82, 2.24) is 20.1 Å². The van der Waals surface area contributed by atoms with Gasteiger partial charge in [0.05, 0.1) is 10.0 Å². The van der Waals surface area contributed by atoms with Gasteiger partial charge in [-0.1, -0.05) is 29.3 Å². The van der Waals surface area contributed by atoms with Gasteiger partial charge < -0.3 is 4.90 Å². The Bertz CT molecular complexity index is 564. The molecule has 0 bridgehead atoms. The van der Waals surface area contributed by atoms with Crippen molar-refractivity contribution in [2.24, 2.45) is 0 Å². The zero-order valence-corrected chi connectivity index (χ0v) is 12.4. The number of halogens is 2. The Morgan fingerprint density at radius 1 is 1.10 bits per heavy atom. The lowest BCUT2D eigenvalue weighted by molar-refractivity contribution is 0.249. The number of piperazine rings is 1. The Kier molecular flexibility index (Phi) is 4.10. The standard InChI is InChI=1S/C13H15Cl2N5/c14-11-2-1-10(7-12(11)15)8-19-3-5-20(6-4-19)13-16-9-17-18-13/h1-2,7,9H,3-6,8H2,(H,16,17,18). The number of hydrogen-bond donors (Lipinski definition) is 1. The Morgan fingerprint density at radius 2 is 1.90 bits per heavy atom. The largest absolute Gasteiger partial charge is 0.339 e. The molecule has 0 saturated carbocycles. The summed E-state index contributed by atoms with van der Waals surface area (Å²) in [6.07, 6.45) is 1.54. The first kappa shape index (κ1) is 13.7. The highest BCUT2D eigenvalue weighted by Crippen LogP contribution is 2.23. The average Bonchev–Trinajstić information content (AvgIpc) is 2.98. The molecule has 1 aromatic heterocycles. The molecule has 2 heterocycles. The third-order valence-electron chi connectivity index (χ3n) is 3.46. The van der Waals surface area contributed by atoms with Gasteiger partial charge in [0.25, 0.3) is 0 Å². The summed E-state index contributed by atoms with van der Waals surface area (Å²) in [5.74, 6) is 0.846. The summed E-state index contributed by atoms with van der Waals surface area (Å²) in [4.78, 5) is 8.78. The minimum Gasteiger partial charge on any atom is -0.339 e. The lowest BCUT2D eigenvalue weighted by Crippen LogP contribution is -2.46. The molecule has 2 aromatic rings. The van der Waals surface area contributed by atoms with Crippen LogP contribution in [0.25, 0.3) is 0 Å². The van der Waals surface area contributed by atoms with Crippen molar-refractivity contribution < 1.29 is 0 Å². The van der Waals surface area contributed by atoms with E-state index in [0.717, 1.165) is 38.7 Å². The second-order valence-corrected chi connectivity index (χ2v) is 5.64. The smallest absolute Gasteiger partial charge is 0.221 e. The van der Waals surface area contributed by atoms with Crippen LogP contribution in [0, 0.1) is 0 Å². The Balaban J connectivity index is 1.57. The SMILES string of the molecule is Clc1ccc(CN2CCN(c3ncn[nH]3)CC2)cc1Cl. The summed E-state index contributed by atoms with van der Waals surface area (Å²) in [6.45, 7) is 4.75. The van der Waals surface area contributed by atoms with Crippen molar-refractivity contribution in [3.63, 3.8) is 0 Å². The van der Waals surface area contributed by atoms with Crippen LogP contribution in [0.3, 0.4) is 0 Å². The molecule has 20 heavy (non-hydrogen) atoms. The highest BCUT2D eigenvalue weighted by Gasteiger charge is 2.18. The molecule has 7 heteroatoms. The first-order valence-electron chi connectivity index (χ1n) is 6.49. The molecule has 0 atom stereocenters. The molecule has 5 nitrogen and oxygen atoms in total. The molecule has 1 aromatic carbocycles. The topological polar surface area (TPSA) is 48.1 Å². The maximum Gasteiger partial charge on any atom is 0.221 e. The number of anilines is 1. The Hall–Kier alpha value is -1.30. The summed E-state index contributed by atoms with van der Waals surface area (Å²) in [7, 11) is 0. The molecule has 1 aliphatic rings. The fourth-order valence-electron chi connectivity index (χ4n) is 2.37. The summed E-state index contributed by atoms with van der Waals surface area (Å²) in [5, 5.41) is 8.00. The third kappa shape index (κ3) is 3.06. The minimum atomic E-state index is 0.602. The molecule has 0 aliphatic carbocycles. The normalized spacial score (nSPS) is 16.6. The Labute approximate surface area is 127 Å². The molecular weight excluding hydrogens is 297 g/mol. The van der Waals surface area contributed by atoms with Gasteiger partial charge in [0.15, 0.2) is 0 Å². The van der Waals surface area contributed by atoms with Crippen molar-refractivity contribution in [3.05, 3.63) is 40.1 Å². The van der Waals surface area contributed by atoms with E-state index in [4.69, 9.17) is 23.2 Å². The van der Waals surface area contributed by atoms with Gasteiger partial charge in [-0.25, -0.2) is 5.10 Å². The third-order valence-corrected chi connectivity index (χ3v) is 4.20. The van der Waals surface area contributed by atoms with Crippen LogP contribution in [0.1, 0.15) is 5.56 Å². The first-order valence-corrected chi connectivity index (χ1v) is 7.24. The van der Waals surface area contributed by atoms with Gasteiger partial charge in [-0.05, 0) is 17.7 Å². The maximum atomic E-state index is 6.04. The van der Waals surface area contributed by atoms with E-state index in [0.29, 0.717) is 10.0 Å². The predicted molar refractivity (Wildman–Crippen MR) is 80.3 cm³/mol. The van der Waals surface area contributed by atoms with E-state index in [1.807, 2.05) is 18.2 Å². The summed E-state index contributed by atoms with van der Waals surface area (Å²) >= 11 is 12.0. The van der Waals surface area contributed by atoms with E-state index in [1.165, 1.54) is 11.9 Å². The Morgan fingerprint density at radius 3 is 2.55 bits per heavy atom. The number of benzene rings is 1. The van der Waals surface area contributed by atoms with Gasteiger partial charge in [-0.2, -0.15) is 10.1 Å². The average molecular weight is 312 g/mol. The second-order valence-electron chi connectivity index (χ2n) is 4.82. The number of aromatic nitrogens is 3. The lowest BCUT2D eigenvalue weighted by Gasteiger charge is -2.34. The maximum absolute atomic E-state index is 6.04. The van der Waals surface area contributed by atoms with E-state index in [9.17, 15) is 0 Å². The number of nitrogens with one attached hydrogen (secondary N) is 1. The van der Waals surface area contributed by atoms with E-state index in [1.54, 1.807) is 0 Å². The number of hydrogen-bond acceptors (Lipinski definition) is 4. The van der Waals surface area contributed by atoms with Gasteiger partial charge in [0, 0.05) is 32.7 Å². The van der Waals surface area contributed by atoms with Crippen LogP contribution < -0.4 is 4.90 Å². The van der Waals surface area contributed by atoms with Crippen LogP contribution in [0.2, 0.25) is 10.0 Å². The quantitative estimate of drug-likeness (QED) is 0.946. The molecule has 106 valence electrons. The van der Waals surface area contributed by atoms with E-state index in [-0.39, 0.29) is 0 Å². The molecular formula is C13H15Cl2N5. The van der Waals surface area contributed by atoms with Gasteiger partial charge in [-0.3, -0.25) is 4.90 Å². The van der Waals surface area contributed by atoms with Crippen LogP contribution in [-0.2, 0) is 6.54 Å². The number of nitrogens with zero attached hydrogens (tertiary/aromatic N) is 4. The summed E-state index contributed by atoms with van der Waals surface area (Å²) in [6, 6.07) is 5.81. The molecule has 1 aliphatic heterocycles. The van der Waals surface area contributed by atoms with Crippen molar-refractivity contribution in [2.45, 2.75) is 6.54 Å². The molecule has 0 unspecified atom stereocenters. The monoisotopic (exact) mass is 311 g/mol. The summed E-state index contributed by atoms with van der Waals surface area (Å²) in [5.41, 5.74) is 1.19. The van der Waals surface area contributed by atoms with Gasteiger partial charge in [0.1, 0.15) is 6.33 Å². The fourth-order valence-corrected chi connectivity index (χ4v) is 2.69. The van der Waals surface area contributed by atoms with Crippen LogP contribution >= 0.6 is 23.2 Å². The van der Waals surface area contributed by atoms with Crippen molar-refractivity contribution in [3.8, 4) is 0 Å². The highest BCUT2D eigenvalue weighted by molar-refractivity contribution is 6.42. The molecule has 1 N–H and O–H groups in total. The van der Waals surface area contributed by atoms with Gasteiger partial charge >= 0.3 is 0 Å². The molecule has 1 saturated heterocycles. The van der Waals surface area contributed by atoms with Crippen LogP contribution in [0.5, 0.6) is 0 Å². The van der Waals surface area contributed by atoms with Crippen molar-refractivity contribution in [2.75, 3.05) is 31.1 Å². The van der Waals surface area contributed by atoms with Crippen molar-refractivity contribution in [1.29, 1.82) is 0 Å². The molecule has 1 fully saturated rings. The predicted octanol–water partition coefficient (Wildman–Crippen LogP) is 2.43. The zero-order chi connectivity index (χ0) is 13.9. The molecule has 0 radical (unpaired) electrons. The molecule has 0 spiro atoms. The van der Waals surface area contributed by atoms with Gasteiger partial charge in [0.2, 0.25) is 5.95 Å². The molecule has 0 amide bonds. The number of aromatic amines is 1. The fraction of sp³-hybridized carbons (Fsp3) is 0.385. The molecule has 3 rings (SSSR count). The van der Waals surface area contributed by atoms with E-state index < -0.39 is 0 Å². The minimum absolute atomic E-state index is 0.602. The first-order chi connectivity index (χ1) is 9.72. The number of H-pyrrole nitrogens is 1. The summed E-state index contributed by atoms with van der Waals surface area (Å²) < 4.78 is 0. The van der Waals surface area contributed by atoms with E-state index >= 15 is 0 Å². The highest BCUT2D eigenvalue weighted by atomic mass is 35.5. The van der Waals surface area contributed by atoms with Crippen LogP contribution in [-0.4, -0.2) is 46.3 Å². The van der Waals surface area contributed by atoms with Crippen molar-refractivity contribution >= 4 is 29.2 Å². The number of rotatable bonds is 3.